The third kappa shape index (κ3) is 2.99. The Morgan fingerprint density at radius 3 is 2.20 bits per heavy atom. The van der Waals surface area contributed by atoms with Gasteiger partial charge in [-0.1, -0.05) is 19.9 Å². The smallest absolute Gasteiger partial charge is 0.137 e. The Morgan fingerprint density at radius 2 is 2.10 bits per heavy atom. The van der Waals surface area contributed by atoms with Gasteiger partial charge in [0.15, 0.2) is 0 Å². The maximum atomic E-state index is 9.47. The van der Waals surface area contributed by atoms with Crippen LogP contribution in [0.15, 0.2) is 12.7 Å². The van der Waals surface area contributed by atoms with Gasteiger partial charge >= 0.3 is 0 Å². The Labute approximate surface area is 63.3 Å². The summed E-state index contributed by atoms with van der Waals surface area (Å²) in [6.07, 6.45) is 3.88. The molecule has 0 spiro atoms. The molecule has 2 heteroatoms. The van der Waals surface area contributed by atoms with E-state index in [2.05, 4.69) is 13.5 Å². The van der Waals surface area contributed by atoms with Crippen LogP contribution in [-0.2, 0) is 0 Å². The maximum absolute atomic E-state index is 9.47. The SMILES string of the molecule is C=CC(CCC)[N+](C)(C)O. The lowest BCUT2D eigenvalue weighted by Crippen LogP contribution is -2.44. The van der Waals surface area contributed by atoms with Crippen molar-refractivity contribution >= 4 is 0 Å². The topological polar surface area (TPSA) is 20.2 Å². The van der Waals surface area contributed by atoms with E-state index in [1.54, 1.807) is 14.1 Å². The van der Waals surface area contributed by atoms with Gasteiger partial charge in [0.25, 0.3) is 0 Å². The zero-order valence-electron chi connectivity index (χ0n) is 7.17. The minimum absolute atomic E-state index is 0.00264. The number of likely N-dealkylation sites (N-methyl/N-ethyl adjacent to an activating group) is 1. The number of quaternary nitrogens is 1. The van der Waals surface area contributed by atoms with Crippen molar-refractivity contribution in [1.82, 2.24) is 0 Å². The van der Waals surface area contributed by atoms with Gasteiger partial charge < -0.3 is 0 Å². The molecule has 10 heavy (non-hydrogen) atoms. The third-order valence-electron chi connectivity index (χ3n) is 1.67. The molecule has 0 amide bonds. The van der Waals surface area contributed by atoms with Crippen LogP contribution in [0.25, 0.3) is 0 Å². The van der Waals surface area contributed by atoms with Gasteiger partial charge in [-0.15, -0.1) is 0 Å². The molecule has 0 aliphatic rings. The van der Waals surface area contributed by atoms with Crippen molar-refractivity contribution in [3.8, 4) is 0 Å². The van der Waals surface area contributed by atoms with Crippen LogP contribution in [0.4, 0.5) is 0 Å². The highest BCUT2D eigenvalue weighted by atomic mass is 16.5. The van der Waals surface area contributed by atoms with Crippen LogP contribution in [0.5, 0.6) is 0 Å². The summed E-state index contributed by atoms with van der Waals surface area (Å²) in [7, 11) is 3.53. The summed E-state index contributed by atoms with van der Waals surface area (Å²) in [6, 6.07) is 0.171. The van der Waals surface area contributed by atoms with Crippen molar-refractivity contribution in [2.45, 2.75) is 25.8 Å². The fourth-order valence-electron chi connectivity index (χ4n) is 0.988. The third-order valence-corrected chi connectivity index (χ3v) is 1.67. The molecule has 0 saturated heterocycles. The van der Waals surface area contributed by atoms with Gasteiger partial charge in [-0.25, -0.2) is 5.21 Å². The molecular formula is C8H18NO+. The highest BCUT2D eigenvalue weighted by molar-refractivity contribution is 4.78. The Balaban J connectivity index is 3.93. The summed E-state index contributed by atoms with van der Waals surface area (Å²) in [5, 5.41) is 9.47. The molecule has 0 aromatic carbocycles. The predicted molar refractivity (Wildman–Crippen MR) is 42.8 cm³/mol. The minimum Gasteiger partial charge on any atom is -0.217 e. The van der Waals surface area contributed by atoms with E-state index in [4.69, 9.17) is 0 Å². The Hall–Kier alpha value is -0.340. The average Bonchev–Trinajstić information content (AvgIpc) is 1.80. The molecule has 2 nitrogen and oxygen atoms in total. The second-order valence-corrected chi connectivity index (χ2v) is 3.07. The molecule has 0 aliphatic carbocycles. The van der Waals surface area contributed by atoms with Crippen molar-refractivity contribution in [3.05, 3.63) is 12.7 Å². The monoisotopic (exact) mass is 144 g/mol. The van der Waals surface area contributed by atoms with Crippen molar-refractivity contribution in [3.63, 3.8) is 0 Å². The average molecular weight is 144 g/mol. The van der Waals surface area contributed by atoms with Crippen LogP contribution in [0.1, 0.15) is 19.8 Å². The first kappa shape index (κ1) is 9.66. The minimum atomic E-state index is -0.00264. The van der Waals surface area contributed by atoms with Gasteiger partial charge in [-0.3, -0.25) is 0 Å². The molecule has 1 N–H and O–H groups in total. The molecule has 0 saturated carbocycles. The number of hydrogen-bond acceptors (Lipinski definition) is 1. The fraction of sp³-hybridized carbons (Fsp3) is 0.750. The van der Waals surface area contributed by atoms with Gasteiger partial charge in [0.2, 0.25) is 0 Å². The fourth-order valence-corrected chi connectivity index (χ4v) is 0.988. The number of nitrogens with zero attached hydrogens (tertiary/aromatic N) is 1. The van der Waals surface area contributed by atoms with Crippen molar-refractivity contribution in [1.29, 1.82) is 0 Å². The molecule has 0 rings (SSSR count). The molecule has 60 valence electrons. The van der Waals surface area contributed by atoms with E-state index in [1.807, 2.05) is 6.08 Å². The maximum Gasteiger partial charge on any atom is 0.137 e. The second kappa shape index (κ2) is 3.74. The van der Waals surface area contributed by atoms with Gasteiger partial charge in [-0.2, -0.15) is 4.65 Å². The second-order valence-electron chi connectivity index (χ2n) is 3.07. The molecule has 0 radical (unpaired) electrons. The first-order chi connectivity index (χ1) is 4.52. The Morgan fingerprint density at radius 1 is 1.60 bits per heavy atom. The lowest BCUT2D eigenvalue weighted by Gasteiger charge is -2.27. The van der Waals surface area contributed by atoms with E-state index in [9.17, 15) is 5.21 Å². The van der Waals surface area contributed by atoms with E-state index >= 15 is 0 Å². The molecule has 1 atom stereocenters. The van der Waals surface area contributed by atoms with E-state index in [0.29, 0.717) is 0 Å². The number of rotatable bonds is 4. The Kier molecular flexibility index (Phi) is 3.61. The van der Waals surface area contributed by atoms with E-state index in [-0.39, 0.29) is 10.7 Å². The summed E-state index contributed by atoms with van der Waals surface area (Å²) in [5.74, 6) is 0. The van der Waals surface area contributed by atoms with Crippen LogP contribution >= 0.6 is 0 Å². The van der Waals surface area contributed by atoms with Gasteiger partial charge in [0.05, 0.1) is 14.1 Å². The van der Waals surface area contributed by atoms with Gasteiger partial charge in [0, 0.05) is 6.42 Å². The zero-order valence-corrected chi connectivity index (χ0v) is 7.17. The lowest BCUT2D eigenvalue weighted by molar-refractivity contribution is -1.09. The number of hydrogen-bond donors (Lipinski definition) is 1. The van der Waals surface area contributed by atoms with Crippen molar-refractivity contribution < 1.29 is 9.85 Å². The lowest BCUT2D eigenvalue weighted by atomic mass is 10.1. The molecule has 1 unspecified atom stereocenters. The zero-order chi connectivity index (χ0) is 8.20. The quantitative estimate of drug-likeness (QED) is 0.362. The van der Waals surface area contributed by atoms with Crippen LogP contribution in [0.2, 0.25) is 0 Å². The largest absolute Gasteiger partial charge is 0.217 e. The summed E-state index contributed by atoms with van der Waals surface area (Å²) in [4.78, 5) is 0. The van der Waals surface area contributed by atoms with Crippen LogP contribution in [0, 0.1) is 0 Å². The summed E-state index contributed by atoms with van der Waals surface area (Å²) < 4.78 is -0.00264. The van der Waals surface area contributed by atoms with E-state index in [1.165, 1.54) is 0 Å². The molecule has 0 fully saturated rings. The van der Waals surface area contributed by atoms with Gasteiger partial charge in [-0.05, 0) is 6.08 Å². The summed E-state index contributed by atoms with van der Waals surface area (Å²) >= 11 is 0. The predicted octanol–water partition coefficient (Wildman–Crippen LogP) is 1.81. The molecule has 0 aromatic heterocycles. The summed E-state index contributed by atoms with van der Waals surface area (Å²) in [6.45, 7) is 5.77. The highest BCUT2D eigenvalue weighted by Crippen LogP contribution is 2.09. The van der Waals surface area contributed by atoms with Crippen molar-refractivity contribution in [2.24, 2.45) is 0 Å². The van der Waals surface area contributed by atoms with E-state index < -0.39 is 0 Å². The summed E-state index contributed by atoms with van der Waals surface area (Å²) in [5.41, 5.74) is 0. The normalized spacial score (nSPS) is 14.8. The molecule has 0 heterocycles. The Bertz CT molecular complexity index is 104. The van der Waals surface area contributed by atoms with Crippen LogP contribution in [0.3, 0.4) is 0 Å². The van der Waals surface area contributed by atoms with E-state index in [0.717, 1.165) is 12.8 Å². The molecule has 0 aliphatic heterocycles. The standard InChI is InChI=1S/C8H18NO/c1-5-7-8(6-2)9(3,4)10/h6,8,10H,2,5,7H2,1,3-4H3/q+1. The molecule has 0 bridgehead atoms. The highest BCUT2D eigenvalue weighted by Gasteiger charge is 2.21. The first-order valence-electron chi connectivity index (χ1n) is 3.71. The van der Waals surface area contributed by atoms with Crippen LogP contribution < -0.4 is 0 Å². The van der Waals surface area contributed by atoms with Crippen LogP contribution in [-0.4, -0.2) is 30.0 Å². The first-order valence-corrected chi connectivity index (χ1v) is 3.71. The van der Waals surface area contributed by atoms with Crippen molar-refractivity contribution in [2.75, 3.05) is 14.1 Å². The molecular weight excluding hydrogens is 126 g/mol. The van der Waals surface area contributed by atoms with Gasteiger partial charge in [0.1, 0.15) is 6.04 Å². The number of hydroxylamine groups is 3. The molecule has 0 aromatic rings.